The highest BCUT2D eigenvalue weighted by Crippen LogP contribution is 2.38. The minimum atomic E-state index is -4.56. The van der Waals surface area contributed by atoms with Gasteiger partial charge >= 0.3 is 6.18 Å². The Kier molecular flexibility index (Phi) is 6.83. The van der Waals surface area contributed by atoms with Crippen molar-refractivity contribution in [3.8, 4) is 11.3 Å². The number of thioether (sulfide) groups is 1. The van der Waals surface area contributed by atoms with E-state index in [9.17, 15) is 27.6 Å². The number of furan rings is 1. The molecule has 180 valence electrons. The summed E-state index contributed by atoms with van der Waals surface area (Å²) in [6, 6.07) is 14.9. The van der Waals surface area contributed by atoms with Crippen LogP contribution in [0.2, 0.25) is 0 Å². The molecule has 3 amide bonds. The quantitative estimate of drug-likeness (QED) is 0.408. The van der Waals surface area contributed by atoms with Crippen LogP contribution in [0.3, 0.4) is 0 Å². The molecule has 0 radical (unpaired) electrons. The lowest BCUT2D eigenvalue weighted by molar-refractivity contribution is -0.137. The summed E-state index contributed by atoms with van der Waals surface area (Å²) in [6.45, 7) is 1.53. The average molecular weight is 500 g/mol. The van der Waals surface area contributed by atoms with Crippen molar-refractivity contribution in [1.82, 2.24) is 4.90 Å². The highest BCUT2D eigenvalue weighted by atomic mass is 32.2. The molecular formula is C25H19F3N2O4S. The fraction of sp³-hybridized carbons (Fsp3) is 0.160. The van der Waals surface area contributed by atoms with Gasteiger partial charge in [0.2, 0.25) is 5.91 Å². The first-order valence-electron chi connectivity index (χ1n) is 10.6. The van der Waals surface area contributed by atoms with E-state index in [-0.39, 0.29) is 22.0 Å². The van der Waals surface area contributed by atoms with Gasteiger partial charge in [0.25, 0.3) is 11.1 Å². The summed E-state index contributed by atoms with van der Waals surface area (Å²) in [6.07, 6.45) is -2.44. The molecule has 35 heavy (non-hydrogen) atoms. The summed E-state index contributed by atoms with van der Waals surface area (Å²) < 4.78 is 45.4. The fourth-order valence-electron chi connectivity index (χ4n) is 3.45. The van der Waals surface area contributed by atoms with Crippen LogP contribution in [-0.2, 0) is 22.2 Å². The molecule has 0 bridgehead atoms. The van der Waals surface area contributed by atoms with E-state index in [2.05, 4.69) is 5.32 Å². The van der Waals surface area contributed by atoms with E-state index in [1.54, 1.807) is 12.1 Å². The van der Waals surface area contributed by atoms with Crippen LogP contribution in [0, 0.1) is 0 Å². The first-order valence-corrected chi connectivity index (χ1v) is 11.4. The Balaban J connectivity index is 1.47. The second-order valence-corrected chi connectivity index (χ2v) is 8.61. The molecule has 2 heterocycles. The van der Waals surface area contributed by atoms with Gasteiger partial charge in [-0.2, -0.15) is 13.2 Å². The summed E-state index contributed by atoms with van der Waals surface area (Å²) >= 11 is 0.621. The number of hydrogen-bond acceptors (Lipinski definition) is 5. The van der Waals surface area contributed by atoms with Gasteiger partial charge in [0.05, 0.1) is 10.5 Å². The predicted molar refractivity (Wildman–Crippen MR) is 126 cm³/mol. The summed E-state index contributed by atoms with van der Waals surface area (Å²) in [7, 11) is 0. The molecule has 0 aliphatic carbocycles. The number of benzene rings is 2. The number of amides is 3. The average Bonchev–Trinajstić information content (AvgIpc) is 3.39. The highest BCUT2D eigenvalue weighted by molar-refractivity contribution is 8.18. The van der Waals surface area contributed by atoms with Gasteiger partial charge in [-0.05, 0) is 54.1 Å². The van der Waals surface area contributed by atoms with E-state index in [1.165, 1.54) is 36.4 Å². The second-order valence-electron chi connectivity index (χ2n) is 7.61. The Morgan fingerprint density at radius 1 is 1.06 bits per heavy atom. The van der Waals surface area contributed by atoms with Gasteiger partial charge in [-0.15, -0.1) is 0 Å². The zero-order valence-electron chi connectivity index (χ0n) is 18.4. The molecule has 0 spiro atoms. The maximum absolute atomic E-state index is 13.3. The van der Waals surface area contributed by atoms with E-state index < -0.39 is 35.3 Å². The number of anilines is 1. The van der Waals surface area contributed by atoms with Crippen molar-refractivity contribution < 1.29 is 32.0 Å². The number of nitrogens with one attached hydrogen (secondary N) is 1. The molecule has 1 saturated heterocycles. The third-order valence-corrected chi connectivity index (χ3v) is 6.13. The topological polar surface area (TPSA) is 79.6 Å². The van der Waals surface area contributed by atoms with Crippen molar-refractivity contribution in [3.63, 3.8) is 0 Å². The van der Waals surface area contributed by atoms with Gasteiger partial charge in [0, 0.05) is 17.3 Å². The summed E-state index contributed by atoms with van der Waals surface area (Å²) in [5, 5.41) is 2.01. The number of aryl methyl sites for hydroxylation is 1. The Bertz CT molecular complexity index is 1310. The molecule has 10 heteroatoms. The van der Waals surface area contributed by atoms with E-state index in [0.29, 0.717) is 17.4 Å². The molecule has 1 aromatic heterocycles. The van der Waals surface area contributed by atoms with Crippen molar-refractivity contribution in [2.24, 2.45) is 0 Å². The fourth-order valence-corrected chi connectivity index (χ4v) is 4.27. The smallest absolute Gasteiger partial charge is 0.417 e. The van der Waals surface area contributed by atoms with Crippen molar-refractivity contribution in [2.45, 2.75) is 19.5 Å². The van der Waals surface area contributed by atoms with Crippen LogP contribution in [0.15, 0.2) is 70.0 Å². The normalized spacial score (nSPS) is 15.2. The van der Waals surface area contributed by atoms with Crippen molar-refractivity contribution >= 4 is 40.6 Å². The highest BCUT2D eigenvalue weighted by Gasteiger charge is 2.37. The molecule has 1 aliphatic heterocycles. The number of carbonyl (C=O) groups is 3. The lowest BCUT2D eigenvalue weighted by Crippen LogP contribution is -2.36. The molecule has 2 aromatic carbocycles. The maximum Gasteiger partial charge on any atom is 0.417 e. The van der Waals surface area contributed by atoms with Gasteiger partial charge in [0.15, 0.2) is 0 Å². The standard InChI is InChI=1S/C25H19F3N2O4S/c1-2-15-7-9-16(10-8-15)29-22(31)14-30-23(32)21(35-24(30)33)13-17-11-12-20(34-17)18-5-3-4-6-19(18)25(26,27)28/h3-13H,2,14H2,1H3,(H,29,31)/b21-13+. The third kappa shape index (κ3) is 5.48. The van der Waals surface area contributed by atoms with E-state index in [0.717, 1.165) is 23.0 Å². The van der Waals surface area contributed by atoms with Crippen LogP contribution >= 0.6 is 11.8 Å². The van der Waals surface area contributed by atoms with Crippen molar-refractivity contribution in [2.75, 3.05) is 11.9 Å². The Morgan fingerprint density at radius 3 is 2.46 bits per heavy atom. The molecule has 0 unspecified atom stereocenters. The second kappa shape index (κ2) is 9.83. The van der Waals surface area contributed by atoms with E-state index in [4.69, 9.17) is 4.42 Å². The third-order valence-electron chi connectivity index (χ3n) is 5.22. The molecule has 4 rings (SSSR count). The van der Waals surface area contributed by atoms with Crippen LogP contribution in [0.4, 0.5) is 23.7 Å². The molecule has 0 saturated carbocycles. The lowest BCUT2D eigenvalue weighted by atomic mass is 10.1. The zero-order valence-corrected chi connectivity index (χ0v) is 19.2. The van der Waals surface area contributed by atoms with Gasteiger partial charge < -0.3 is 9.73 Å². The monoisotopic (exact) mass is 500 g/mol. The van der Waals surface area contributed by atoms with E-state index in [1.807, 2.05) is 19.1 Å². The summed E-state index contributed by atoms with van der Waals surface area (Å²) in [4.78, 5) is 38.2. The molecule has 1 aliphatic rings. The van der Waals surface area contributed by atoms with Gasteiger partial charge in [-0.1, -0.05) is 37.3 Å². The number of alkyl halides is 3. The van der Waals surface area contributed by atoms with Gasteiger partial charge in [0.1, 0.15) is 18.1 Å². The molecular weight excluding hydrogens is 481 g/mol. The SMILES string of the molecule is CCc1ccc(NC(=O)CN2C(=O)S/C(=C/c3ccc(-c4ccccc4C(F)(F)F)o3)C2=O)cc1. The number of hydrogen-bond donors (Lipinski definition) is 1. The molecule has 1 N–H and O–H groups in total. The number of imide groups is 1. The summed E-state index contributed by atoms with van der Waals surface area (Å²) in [5.74, 6) is -1.16. The number of halogens is 3. The molecule has 0 atom stereocenters. The Hall–Kier alpha value is -3.79. The van der Waals surface area contributed by atoms with Crippen LogP contribution in [0.25, 0.3) is 17.4 Å². The van der Waals surface area contributed by atoms with Gasteiger partial charge in [-0.25, -0.2) is 0 Å². The number of nitrogens with zero attached hydrogens (tertiary/aromatic N) is 1. The largest absolute Gasteiger partial charge is 0.457 e. The Morgan fingerprint density at radius 2 is 1.77 bits per heavy atom. The molecule has 6 nitrogen and oxygen atoms in total. The molecule has 3 aromatic rings. The number of carbonyl (C=O) groups excluding carboxylic acids is 3. The van der Waals surface area contributed by atoms with Crippen LogP contribution < -0.4 is 5.32 Å². The maximum atomic E-state index is 13.3. The van der Waals surface area contributed by atoms with Crippen LogP contribution in [-0.4, -0.2) is 28.5 Å². The summed E-state index contributed by atoms with van der Waals surface area (Å²) in [5.41, 5.74) is 0.645. The van der Waals surface area contributed by atoms with Crippen molar-refractivity contribution in [3.05, 3.63) is 82.5 Å². The minimum Gasteiger partial charge on any atom is -0.457 e. The van der Waals surface area contributed by atoms with Gasteiger partial charge in [-0.3, -0.25) is 19.3 Å². The number of rotatable bonds is 6. The Labute approximate surface area is 202 Å². The van der Waals surface area contributed by atoms with Crippen molar-refractivity contribution in [1.29, 1.82) is 0 Å². The zero-order chi connectivity index (χ0) is 25.2. The minimum absolute atomic E-state index is 0.0000975. The van der Waals surface area contributed by atoms with Crippen LogP contribution in [0.5, 0.6) is 0 Å². The molecule has 1 fully saturated rings. The first-order chi connectivity index (χ1) is 16.7. The van der Waals surface area contributed by atoms with Crippen LogP contribution in [0.1, 0.15) is 23.8 Å². The van der Waals surface area contributed by atoms with E-state index >= 15 is 0 Å². The lowest BCUT2D eigenvalue weighted by Gasteiger charge is -2.12. The first kappa shape index (κ1) is 24.3. The predicted octanol–water partition coefficient (Wildman–Crippen LogP) is 6.20.